The molecule has 1 saturated carbocycles. The molecule has 2 unspecified atom stereocenters. The van der Waals surface area contributed by atoms with Crippen molar-refractivity contribution >= 4 is 32.6 Å². The molecular weight excluding hydrogens is 310 g/mol. The highest BCUT2D eigenvalue weighted by Crippen LogP contribution is 2.26. The zero-order valence-electron chi connectivity index (χ0n) is 13.4. The molecule has 3 rings (SSSR count). The quantitative estimate of drug-likeness (QED) is 0.883. The summed E-state index contributed by atoms with van der Waals surface area (Å²) in [6, 6.07) is 7.85. The molecule has 1 fully saturated rings. The van der Waals surface area contributed by atoms with Gasteiger partial charge < -0.3 is 10.4 Å². The average molecular weight is 333 g/mol. The summed E-state index contributed by atoms with van der Waals surface area (Å²) in [6.07, 6.45) is 3.99. The fraction of sp³-hybridized carbons (Fsp3) is 0.529. The number of aliphatic hydroxyl groups is 1. The van der Waals surface area contributed by atoms with Gasteiger partial charge in [-0.25, -0.2) is 4.98 Å². The van der Waals surface area contributed by atoms with Crippen molar-refractivity contribution in [2.24, 2.45) is 5.92 Å². The number of carbonyl (C=O) groups excluding carboxylic acids is 1. The first-order valence-corrected chi connectivity index (χ1v) is 8.95. The molecule has 2 N–H and O–H groups in total. The van der Waals surface area contributed by atoms with E-state index in [-0.39, 0.29) is 17.9 Å². The van der Waals surface area contributed by atoms with Crippen LogP contribution in [-0.2, 0) is 4.79 Å². The maximum Gasteiger partial charge on any atom is 0.240 e. The Morgan fingerprint density at radius 1 is 1.39 bits per heavy atom. The van der Waals surface area contributed by atoms with Gasteiger partial charge in [0.15, 0.2) is 5.13 Å². The van der Waals surface area contributed by atoms with Crippen LogP contribution in [0, 0.1) is 5.92 Å². The Balaban J connectivity index is 1.52. The first-order valence-electron chi connectivity index (χ1n) is 8.14. The van der Waals surface area contributed by atoms with E-state index >= 15 is 0 Å². The third-order valence-corrected chi connectivity index (χ3v) is 5.32. The van der Waals surface area contributed by atoms with E-state index in [0.717, 1.165) is 36.0 Å². The van der Waals surface area contributed by atoms with Gasteiger partial charge in [-0.3, -0.25) is 9.69 Å². The number of aliphatic hydroxyl groups excluding tert-OH is 1. The Hall–Kier alpha value is -1.50. The smallest absolute Gasteiger partial charge is 0.240 e. The van der Waals surface area contributed by atoms with Gasteiger partial charge in [-0.1, -0.05) is 36.3 Å². The molecule has 1 amide bonds. The third kappa shape index (κ3) is 4.28. The normalized spacial score (nSPS) is 21.7. The van der Waals surface area contributed by atoms with Crippen LogP contribution in [-0.4, -0.2) is 47.1 Å². The highest BCUT2D eigenvalue weighted by Gasteiger charge is 2.24. The molecule has 1 aromatic heterocycles. The molecule has 5 nitrogen and oxygen atoms in total. The molecule has 1 aromatic carbocycles. The zero-order chi connectivity index (χ0) is 16.2. The van der Waals surface area contributed by atoms with E-state index in [2.05, 4.69) is 10.3 Å². The Labute approximate surface area is 140 Å². The van der Waals surface area contributed by atoms with Gasteiger partial charge in [-0.15, -0.1) is 0 Å². The Bertz CT molecular complexity index is 640. The number of hydrogen-bond donors (Lipinski definition) is 2. The lowest BCUT2D eigenvalue weighted by Gasteiger charge is -2.30. The highest BCUT2D eigenvalue weighted by atomic mass is 32.1. The molecule has 0 saturated heterocycles. The molecule has 6 heteroatoms. The van der Waals surface area contributed by atoms with Gasteiger partial charge in [-0.2, -0.15) is 0 Å². The summed E-state index contributed by atoms with van der Waals surface area (Å²) in [5, 5.41) is 13.5. The topological polar surface area (TPSA) is 65.5 Å². The Morgan fingerprint density at radius 3 is 2.96 bits per heavy atom. The summed E-state index contributed by atoms with van der Waals surface area (Å²) >= 11 is 1.49. The fourth-order valence-electron chi connectivity index (χ4n) is 3.20. The van der Waals surface area contributed by atoms with Crippen molar-refractivity contribution in [3.63, 3.8) is 0 Å². The molecule has 1 heterocycles. The number of para-hydroxylation sites is 1. The van der Waals surface area contributed by atoms with Crippen LogP contribution in [0.5, 0.6) is 0 Å². The van der Waals surface area contributed by atoms with Crippen molar-refractivity contribution in [2.45, 2.75) is 31.8 Å². The van der Waals surface area contributed by atoms with E-state index in [9.17, 15) is 9.90 Å². The van der Waals surface area contributed by atoms with Gasteiger partial charge in [0, 0.05) is 6.54 Å². The lowest BCUT2D eigenvalue weighted by molar-refractivity contribution is -0.117. The molecule has 0 spiro atoms. The van der Waals surface area contributed by atoms with Crippen LogP contribution in [0.3, 0.4) is 0 Å². The predicted octanol–water partition coefficient (Wildman–Crippen LogP) is 2.72. The minimum absolute atomic E-state index is 0.0585. The van der Waals surface area contributed by atoms with Crippen molar-refractivity contribution < 1.29 is 9.90 Å². The van der Waals surface area contributed by atoms with Gasteiger partial charge in [0.05, 0.1) is 22.9 Å². The number of carbonyl (C=O) groups is 1. The van der Waals surface area contributed by atoms with Gasteiger partial charge in [0.2, 0.25) is 5.91 Å². The number of nitrogens with one attached hydrogen (secondary N) is 1. The number of rotatable bonds is 5. The lowest BCUT2D eigenvalue weighted by atomic mass is 9.86. The summed E-state index contributed by atoms with van der Waals surface area (Å²) < 4.78 is 1.07. The summed E-state index contributed by atoms with van der Waals surface area (Å²) in [6.45, 7) is 1.08. The van der Waals surface area contributed by atoms with Crippen molar-refractivity contribution in [1.82, 2.24) is 9.88 Å². The van der Waals surface area contributed by atoms with Crippen LogP contribution in [0.25, 0.3) is 10.2 Å². The predicted molar refractivity (Wildman–Crippen MR) is 93.7 cm³/mol. The van der Waals surface area contributed by atoms with E-state index in [4.69, 9.17) is 0 Å². The van der Waals surface area contributed by atoms with Crippen LogP contribution >= 0.6 is 11.3 Å². The number of aromatic nitrogens is 1. The van der Waals surface area contributed by atoms with E-state index in [1.807, 2.05) is 36.2 Å². The molecule has 0 aliphatic heterocycles. The van der Waals surface area contributed by atoms with E-state index in [1.54, 1.807) is 0 Å². The molecular formula is C17H23N3O2S. The summed E-state index contributed by atoms with van der Waals surface area (Å²) in [5.74, 6) is 0.223. The largest absolute Gasteiger partial charge is 0.393 e. The van der Waals surface area contributed by atoms with Gasteiger partial charge in [0.25, 0.3) is 0 Å². The maximum absolute atomic E-state index is 12.2. The first-order chi connectivity index (χ1) is 11.1. The number of amides is 1. The second kappa shape index (κ2) is 7.38. The van der Waals surface area contributed by atoms with Crippen LogP contribution in [0.2, 0.25) is 0 Å². The highest BCUT2D eigenvalue weighted by molar-refractivity contribution is 7.22. The number of thiazole rings is 1. The molecule has 1 aliphatic rings. The SMILES string of the molecule is CN(CC(=O)Nc1nc2ccccc2s1)CC1CCCCC1O. The third-order valence-electron chi connectivity index (χ3n) is 4.37. The Kier molecular flexibility index (Phi) is 5.25. The van der Waals surface area contributed by atoms with Crippen molar-refractivity contribution in [1.29, 1.82) is 0 Å². The number of benzene rings is 1. The van der Waals surface area contributed by atoms with Crippen LogP contribution in [0.15, 0.2) is 24.3 Å². The molecule has 1 aliphatic carbocycles. The van der Waals surface area contributed by atoms with E-state index in [1.165, 1.54) is 17.8 Å². The van der Waals surface area contributed by atoms with Gasteiger partial charge in [0.1, 0.15) is 0 Å². The molecule has 0 bridgehead atoms. The summed E-state index contributed by atoms with van der Waals surface area (Å²) in [4.78, 5) is 18.6. The first kappa shape index (κ1) is 16.4. The standard InChI is InChI=1S/C17H23N3O2S/c1-20(10-12-6-2-4-8-14(12)21)11-16(22)19-17-18-13-7-3-5-9-15(13)23-17/h3,5,7,9,12,14,21H,2,4,6,8,10-11H2,1H3,(H,18,19,22). The number of hydrogen-bond acceptors (Lipinski definition) is 5. The molecule has 2 aromatic rings. The van der Waals surface area contributed by atoms with E-state index in [0.29, 0.717) is 11.7 Å². The number of fused-ring (bicyclic) bond motifs is 1. The second-order valence-corrected chi connectivity index (χ2v) is 7.37. The van der Waals surface area contributed by atoms with Gasteiger partial charge in [-0.05, 0) is 37.9 Å². The van der Waals surface area contributed by atoms with E-state index < -0.39 is 0 Å². The number of anilines is 1. The summed E-state index contributed by atoms with van der Waals surface area (Å²) in [5.41, 5.74) is 0.909. The number of likely N-dealkylation sites (N-methyl/N-ethyl adjacent to an activating group) is 1. The fourth-order valence-corrected chi connectivity index (χ4v) is 4.08. The lowest BCUT2D eigenvalue weighted by Crippen LogP contribution is -2.38. The minimum atomic E-state index is -0.224. The summed E-state index contributed by atoms with van der Waals surface area (Å²) in [7, 11) is 1.93. The number of nitrogens with zero attached hydrogens (tertiary/aromatic N) is 2. The molecule has 0 radical (unpaired) electrons. The van der Waals surface area contributed by atoms with Crippen molar-refractivity contribution in [3.05, 3.63) is 24.3 Å². The van der Waals surface area contributed by atoms with Crippen molar-refractivity contribution in [3.8, 4) is 0 Å². The van der Waals surface area contributed by atoms with Crippen LogP contribution in [0.4, 0.5) is 5.13 Å². The molecule has 2 atom stereocenters. The Morgan fingerprint density at radius 2 is 2.17 bits per heavy atom. The average Bonchev–Trinajstić information content (AvgIpc) is 2.91. The molecule has 124 valence electrons. The van der Waals surface area contributed by atoms with Crippen LogP contribution in [0.1, 0.15) is 25.7 Å². The minimum Gasteiger partial charge on any atom is -0.393 e. The monoisotopic (exact) mass is 333 g/mol. The molecule has 23 heavy (non-hydrogen) atoms. The van der Waals surface area contributed by atoms with Gasteiger partial charge >= 0.3 is 0 Å². The van der Waals surface area contributed by atoms with Crippen molar-refractivity contribution in [2.75, 3.05) is 25.5 Å². The van der Waals surface area contributed by atoms with Crippen LogP contribution < -0.4 is 5.32 Å². The second-order valence-electron chi connectivity index (χ2n) is 6.34. The maximum atomic E-state index is 12.2. The zero-order valence-corrected chi connectivity index (χ0v) is 14.2.